The maximum atomic E-state index is 13.8. The number of benzene rings is 2. The van der Waals surface area contributed by atoms with Crippen LogP contribution in [0.1, 0.15) is 56.2 Å². The highest BCUT2D eigenvalue weighted by atomic mass is 35.5. The zero-order chi connectivity index (χ0) is 22.8. The quantitative estimate of drug-likeness (QED) is 0.480. The molecule has 6 heteroatoms. The Hall–Kier alpha value is -2.30. The van der Waals surface area contributed by atoms with Crippen LogP contribution in [0, 0.1) is 5.41 Å². The molecule has 0 saturated carbocycles. The fourth-order valence-electron chi connectivity index (χ4n) is 4.72. The molecule has 1 unspecified atom stereocenters. The summed E-state index contributed by atoms with van der Waals surface area (Å²) in [4.78, 5) is 27.6. The lowest BCUT2D eigenvalue weighted by Gasteiger charge is -2.51. The largest absolute Gasteiger partial charge is 0.480 e. The summed E-state index contributed by atoms with van der Waals surface area (Å²) in [6, 6.07) is 13.5. The Balaban J connectivity index is 2.25. The normalized spacial score (nSPS) is 24.6. The summed E-state index contributed by atoms with van der Waals surface area (Å²) in [5, 5.41) is 11.2. The Morgan fingerprint density at radius 2 is 1.90 bits per heavy atom. The maximum Gasteiger partial charge on any atom is 0.326 e. The number of amides is 1. The van der Waals surface area contributed by atoms with Gasteiger partial charge in [-0.2, -0.15) is 0 Å². The van der Waals surface area contributed by atoms with Crippen LogP contribution in [0.3, 0.4) is 0 Å². The Bertz CT molecular complexity index is 975. The minimum atomic E-state index is -1.01. The number of rotatable bonds is 7. The van der Waals surface area contributed by atoms with Crippen LogP contribution in [-0.4, -0.2) is 27.9 Å². The van der Waals surface area contributed by atoms with Crippen molar-refractivity contribution in [3.8, 4) is 0 Å². The van der Waals surface area contributed by atoms with Gasteiger partial charge in [0.1, 0.15) is 6.04 Å². The molecule has 1 aliphatic rings. The van der Waals surface area contributed by atoms with Gasteiger partial charge in [-0.15, -0.1) is 6.58 Å². The highest BCUT2D eigenvalue weighted by Gasteiger charge is 2.52. The predicted octanol–water partition coefficient (Wildman–Crippen LogP) is 6.50. The first-order valence-electron chi connectivity index (χ1n) is 10.4. The van der Waals surface area contributed by atoms with Crippen molar-refractivity contribution in [2.45, 2.75) is 51.1 Å². The first kappa shape index (κ1) is 23.4. The third-order valence-electron chi connectivity index (χ3n) is 6.19. The third-order valence-corrected chi connectivity index (χ3v) is 6.68. The zero-order valence-corrected chi connectivity index (χ0v) is 19.2. The van der Waals surface area contributed by atoms with Gasteiger partial charge in [0.15, 0.2) is 0 Å². The van der Waals surface area contributed by atoms with E-state index in [0.717, 1.165) is 11.1 Å². The molecule has 0 aromatic heterocycles. The summed E-state index contributed by atoms with van der Waals surface area (Å²) in [5.41, 5.74) is 1.06. The number of hydrogen-bond donors (Lipinski definition) is 1. The number of piperidine rings is 1. The number of allylic oxidation sites excluding steroid dienone is 1. The summed E-state index contributed by atoms with van der Waals surface area (Å²) in [6.45, 7) is 7.52. The van der Waals surface area contributed by atoms with Crippen molar-refractivity contribution in [1.29, 1.82) is 0 Å². The molecule has 0 bridgehead atoms. The molecule has 0 aliphatic carbocycles. The van der Waals surface area contributed by atoms with Crippen LogP contribution in [0.25, 0.3) is 0 Å². The number of hydrogen-bond acceptors (Lipinski definition) is 2. The topological polar surface area (TPSA) is 57.6 Å². The molecule has 1 aliphatic heterocycles. The van der Waals surface area contributed by atoms with Crippen LogP contribution in [-0.2, 0) is 9.59 Å². The number of carbonyl (C=O) groups excluding carboxylic acids is 1. The lowest BCUT2D eigenvalue weighted by Crippen LogP contribution is -2.57. The van der Waals surface area contributed by atoms with Crippen LogP contribution in [0.4, 0.5) is 0 Å². The van der Waals surface area contributed by atoms with Crippen LogP contribution >= 0.6 is 23.2 Å². The molecule has 4 atom stereocenters. The Morgan fingerprint density at radius 1 is 1.23 bits per heavy atom. The molecule has 0 radical (unpaired) electrons. The van der Waals surface area contributed by atoms with E-state index < -0.39 is 23.5 Å². The average molecular weight is 460 g/mol. The summed E-state index contributed by atoms with van der Waals surface area (Å²) in [7, 11) is 0. The molecule has 1 amide bonds. The van der Waals surface area contributed by atoms with E-state index in [1.807, 2.05) is 43.3 Å². The van der Waals surface area contributed by atoms with Crippen molar-refractivity contribution in [1.82, 2.24) is 4.90 Å². The molecule has 2 aromatic rings. The standard InChI is InChI=1S/C25H27Cl2NO3/c1-4-13-25(3)15-20(17-7-6-8-19(27)14-17)22(16-9-11-18(26)12-10-16)28(24(25)31)21(5-2)23(29)30/h4,6-12,14,20-22H,1,5,13,15H2,2-3H3,(H,29,30)/t20-,21?,22-,25-/m1/s1. The number of carbonyl (C=O) groups is 2. The monoisotopic (exact) mass is 459 g/mol. The number of nitrogens with zero attached hydrogens (tertiary/aromatic N) is 1. The molecule has 1 N–H and O–H groups in total. The lowest BCUT2D eigenvalue weighted by atomic mass is 9.67. The van der Waals surface area contributed by atoms with Crippen LogP contribution in [0.15, 0.2) is 61.2 Å². The van der Waals surface area contributed by atoms with E-state index in [1.165, 1.54) is 0 Å². The van der Waals surface area contributed by atoms with Crippen molar-refractivity contribution in [3.05, 3.63) is 82.4 Å². The molecule has 1 saturated heterocycles. The first-order valence-corrected chi connectivity index (χ1v) is 11.1. The summed E-state index contributed by atoms with van der Waals surface area (Å²) in [6.07, 6.45) is 3.05. The summed E-state index contributed by atoms with van der Waals surface area (Å²) in [5.74, 6) is -1.32. The highest BCUT2D eigenvalue weighted by Crippen LogP contribution is 2.52. The molecule has 0 spiro atoms. The molecular weight excluding hydrogens is 433 g/mol. The molecular formula is C25H27Cl2NO3. The lowest BCUT2D eigenvalue weighted by molar-refractivity contribution is -0.164. The van der Waals surface area contributed by atoms with Gasteiger partial charge in [-0.3, -0.25) is 4.79 Å². The second kappa shape index (κ2) is 9.46. The molecule has 3 rings (SSSR count). The SMILES string of the molecule is C=CC[C@]1(C)C[C@H](c2cccc(Cl)c2)[C@@H](c2ccc(Cl)cc2)N(C(CC)C(=O)O)C1=O. The van der Waals surface area contributed by atoms with Gasteiger partial charge in [-0.25, -0.2) is 4.79 Å². The van der Waals surface area contributed by atoms with Gasteiger partial charge >= 0.3 is 5.97 Å². The molecule has 1 heterocycles. The van der Waals surface area contributed by atoms with Gasteiger partial charge in [0.2, 0.25) is 5.91 Å². The zero-order valence-electron chi connectivity index (χ0n) is 17.7. The van der Waals surface area contributed by atoms with Gasteiger partial charge in [0, 0.05) is 16.0 Å². The van der Waals surface area contributed by atoms with Crippen molar-refractivity contribution >= 4 is 35.1 Å². The van der Waals surface area contributed by atoms with Gasteiger partial charge in [0.05, 0.1) is 11.5 Å². The first-order chi connectivity index (χ1) is 14.7. The molecule has 31 heavy (non-hydrogen) atoms. The summed E-state index contributed by atoms with van der Waals surface area (Å²) < 4.78 is 0. The predicted molar refractivity (Wildman–Crippen MR) is 124 cm³/mol. The number of likely N-dealkylation sites (tertiary alicyclic amines) is 1. The number of carboxylic acids is 1. The van der Waals surface area contributed by atoms with Gasteiger partial charge in [-0.05, 0) is 54.7 Å². The average Bonchev–Trinajstić information content (AvgIpc) is 2.72. The van der Waals surface area contributed by atoms with Gasteiger partial charge < -0.3 is 10.0 Å². The van der Waals surface area contributed by atoms with E-state index in [-0.39, 0.29) is 11.8 Å². The third kappa shape index (κ3) is 4.65. The van der Waals surface area contributed by atoms with Crippen molar-refractivity contribution in [3.63, 3.8) is 0 Å². The van der Waals surface area contributed by atoms with Crippen LogP contribution in [0.2, 0.25) is 10.0 Å². The number of carboxylic acid groups (broad SMARTS) is 1. The number of halogens is 2. The fourth-order valence-corrected chi connectivity index (χ4v) is 5.05. The molecule has 164 valence electrons. The Morgan fingerprint density at radius 3 is 2.45 bits per heavy atom. The second-order valence-corrected chi connectivity index (χ2v) is 9.26. The molecule has 4 nitrogen and oxygen atoms in total. The Kier molecular flexibility index (Phi) is 7.13. The maximum absolute atomic E-state index is 13.8. The van der Waals surface area contributed by atoms with Gasteiger partial charge in [0.25, 0.3) is 0 Å². The van der Waals surface area contributed by atoms with E-state index in [0.29, 0.717) is 29.3 Å². The fraction of sp³-hybridized carbons (Fsp3) is 0.360. The van der Waals surface area contributed by atoms with Crippen LogP contribution in [0.5, 0.6) is 0 Å². The number of aliphatic carboxylic acids is 1. The minimum Gasteiger partial charge on any atom is -0.480 e. The molecule has 1 fully saturated rings. The van der Waals surface area contributed by atoms with Gasteiger partial charge in [-0.1, -0.05) is 67.4 Å². The second-order valence-electron chi connectivity index (χ2n) is 8.39. The van der Waals surface area contributed by atoms with E-state index in [4.69, 9.17) is 23.2 Å². The van der Waals surface area contributed by atoms with E-state index >= 15 is 0 Å². The van der Waals surface area contributed by atoms with E-state index in [1.54, 1.807) is 30.0 Å². The minimum absolute atomic E-state index is 0.143. The van der Waals surface area contributed by atoms with Crippen LogP contribution < -0.4 is 0 Å². The van der Waals surface area contributed by atoms with Crippen molar-refractivity contribution in [2.24, 2.45) is 5.41 Å². The Labute approximate surface area is 193 Å². The highest BCUT2D eigenvalue weighted by molar-refractivity contribution is 6.30. The summed E-state index contributed by atoms with van der Waals surface area (Å²) >= 11 is 12.4. The van der Waals surface area contributed by atoms with E-state index in [9.17, 15) is 14.7 Å². The van der Waals surface area contributed by atoms with Crippen molar-refractivity contribution in [2.75, 3.05) is 0 Å². The van der Waals surface area contributed by atoms with Crippen molar-refractivity contribution < 1.29 is 14.7 Å². The molecule has 2 aromatic carbocycles. The van der Waals surface area contributed by atoms with E-state index in [2.05, 4.69) is 6.58 Å². The smallest absolute Gasteiger partial charge is 0.326 e.